The molecule has 2 fully saturated rings. The highest BCUT2D eigenvalue weighted by Gasteiger charge is 2.29. The first-order valence-corrected chi connectivity index (χ1v) is 14.5. The number of nitrogens with one attached hydrogen (secondary N) is 3. The van der Waals surface area contributed by atoms with Crippen molar-refractivity contribution in [2.24, 2.45) is 11.8 Å². The van der Waals surface area contributed by atoms with E-state index in [1.807, 2.05) is 48.8 Å². The molecule has 39 heavy (non-hydrogen) atoms. The first kappa shape index (κ1) is 25.6. The Labute approximate surface area is 232 Å². The van der Waals surface area contributed by atoms with Gasteiger partial charge in [-0.15, -0.1) is 11.3 Å². The maximum atomic E-state index is 12.9. The number of aromatic amines is 1. The number of anilines is 2. The number of aromatic nitrogens is 4. The topological polar surface area (TPSA) is 114 Å². The van der Waals surface area contributed by atoms with Crippen molar-refractivity contribution in [1.29, 1.82) is 5.41 Å². The average Bonchev–Trinajstić information content (AvgIpc) is 3.70. The summed E-state index contributed by atoms with van der Waals surface area (Å²) in [6.07, 6.45) is 7.17. The maximum absolute atomic E-state index is 12.9. The Bertz CT molecular complexity index is 1460. The number of likely N-dealkylation sites (tertiary alicyclic amines) is 1. The summed E-state index contributed by atoms with van der Waals surface area (Å²) in [4.78, 5) is 26.3. The summed E-state index contributed by atoms with van der Waals surface area (Å²) in [5.74, 6) is 0.704. The number of aryl methyl sites for hydroxylation is 1. The first-order valence-electron chi connectivity index (χ1n) is 13.7. The van der Waals surface area contributed by atoms with Crippen molar-refractivity contribution in [3.05, 3.63) is 53.8 Å². The summed E-state index contributed by atoms with van der Waals surface area (Å²) in [6.45, 7) is 6.45. The zero-order valence-corrected chi connectivity index (χ0v) is 23.0. The van der Waals surface area contributed by atoms with Crippen LogP contribution in [0.5, 0.6) is 0 Å². The van der Waals surface area contributed by atoms with Gasteiger partial charge in [0.1, 0.15) is 5.69 Å². The fourth-order valence-electron chi connectivity index (χ4n) is 5.86. The number of hydrogen-bond donors (Lipinski definition) is 3. The van der Waals surface area contributed by atoms with Crippen LogP contribution in [0.15, 0.2) is 48.1 Å². The van der Waals surface area contributed by atoms with E-state index in [4.69, 9.17) is 5.41 Å². The minimum atomic E-state index is 0.0376. The molecule has 5 heterocycles. The van der Waals surface area contributed by atoms with Gasteiger partial charge in [0.05, 0.1) is 5.52 Å². The smallest absolute Gasteiger partial charge is 0.224 e. The van der Waals surface area contributed by atoms with E-state index in [9.17, 15) is 4.79 Å². The Morgan fingerprint density at radius 3 is 2.79 bits per heavy atom. The van der Waals surface area contributed by atoms with Crippen LogP contribution >= 0.6 is 11.3 Å². The van der Waals surface area contributed by atoms with E-state index in [0.29, 0.717) is 24.8 Å². The molecule has 1 unspecified atom stereocenters. The van der Waals surface area contributed by atoms with Gasteiger partial charge in [-0.3, -0.25) is 19.8 Å². The number of hydrogen-bond acceptors (Lipinski definition) is 8. The largest absolute Gasteiger partial charge is 0.348 e. The molecule has 3 N–H and O–H groups in total. The van der Waals surface area contributed by atoms with Crippen LogP contribution in [0.2, 0.25) is 0 Å². The molecular weight excluding hydrogens is 508 g/mol. The van der Waals surface area contributed by atoms with Gasteiger partial charge >= 0.3 is 0 Å². The number of pyridine rings is 1. The fourth-order valence-corrected chi connectivity index (χ4v) is 6.56. The molecule has 6 rings (SSSR count). The Morgan fingerprint density at radius 1 is 1.13 bits per heavy atom. The molecule has 9 nitrogen and oxygen atoms in total. The molecule has 1 aromatic carbocycles. The lowest BCUT2D eigenvalue weighted by atomic mass is 9.92. The van der Waals surface area contributed by atoms with E-state index >= 15 is 0 Å². The van der Waals surface area contributed by atoms with Crippen molar-refractivity contribution in [1.82, 2.24) is 25.1 Å². The summed E-state index contributed by atoms with van der Waals surface area (Å²) in [7, 11) is 0. The van der Waals surface area contributed by atoms with Gasteiger partial charge in [-0.25, -0.2) is 4.98 Å². The number of benzene rings is 1. The number of amides is 1. The third-order valence-electron chi connectivity index (χ3n) is 7.93. The second kappa shape index (κ2) is 11.2. The average molecular weight is 543 g/mol. The third-order valence-corrected chi connectivity index (χ3v) is 8.76. The number of fused-ring (bicyclic) bond motifs is 1. The molecule has 0 saturated carbocycles. The SMILES string of the molecule is Cc1cc(-c2n[nH]c3ccc(NC(=O)CC4CCN(CC(=N)C5CCN(c6nccs6)CC5)C4)cc23)ccn1. The number of rotatable bonds is 8. The molecule has 3 aromatic heterocycles. The molecule has 0 bridgehead atoms. The quantitative estimate of drug-likeness (QED) is 0.271. The predicted octanol–water partition coefficient (Wildman–Crippen LogP) is 4.98. The van der Waals surface area contributed by atoms with Crippen LogP contribution in [0, 0.1) is 24.2 Å². The summed E-state index contributed by atoms with van der Waals surface area (Å²) in [5, 5.41) is 23.5. The van der Waals surface area contributed by atoms with Crippen LogP contribution in [0.4, 0.5) is 10.8 Å². The summed E-state index contributed by atoms with van der Waals surface area (Å²) in [6, 6.07) is 9.83. The summed E-state index contributed by atoms with van der Waals surface area (Å²) >= 11 is 1.69. The van der Waals surface area contributed by atoms with Crippen LogP contribution in [-0.2, 0) is 4.79 Å². The van der Waals surface area contributed by atoms with Gasteiger partial charge in [-0.05, 0) is 69.0 Å². The number of piperidine rings is 1. The van der Waals surface area contributed by atoms with Crippen molar-refractivity contribution in [3.8, 4) is 11.3 Å². The second-order valence-electron chi connectivity index (χ2n) is 10.8. The monoisotopic (exact) mass is 542 g/mol. The Hall–Kier alpha value is -3.63. The Balaban J connectivity index is 0.995. The van der Waals surface area contributed by atoms with E-state index in [2.05, 4.69) is 35.3 Å². The van der Waals surface area contributed by atoms with Crippen molar-refractivity contribution in [2.75, 3.05) is 42.9 Å². The molecule has 2 saturated heterocycles. The molecule has 10 heteroatoms. The Morgan fingerprint density at radius 2 is 2.00 bits per heavy atom. The molecule has 2 aliphatic rings. The molecule has 202 valence electrons. The van der Waals surface area contributed by atoms with Crippen LogP contribution in [0.1, 0.15) is 31.4 Å². The first-order chi connectivity index (χ1) is 19.0. The molecule has 1 atom stereocenters. The lowest BCUT2D eigenvalue weighted by molar-refractivity contribution is -0.117. The van der Waals surface area contributed by atoms with Gasteiger partial charge in [0.25, 0.3) is 0 Å². The molecular formula is C29H34N8OS. The lowest BCUT2D eigenvalue weighted by Crippen LogP contribution is -2.39. The van der Waals surface area contributed by atoms with Crippen LogP contribution in [-0.4, -0.2) is 69.4 Å². The van der Waals surface area contributed by atoms with E-state index in [0.717, 1.165) is 89.8 Å². The number of H-pyrrole nitrogens is 1. The fraction of sp³-hybridized carbons (Fsp3) is 0.414. The summed E-state index contributed by atoms with van der Waals surface area (Å²) in [5.41, 5.74) is 5.34. The zero-order chi connectivity index (χ0) is 26.8. The van der Waals surface area contributed by atoms with E-state index in [-0.39, 0.29) is 5.91 Å². The maximum Gasteiger partial charge on any atom is 0.224 e. The van der Waals surface area contributed by atoms with Gasteiger partial charge < -0.3 is 15.6 Å². The van der Waals surface area contributed by atoms with Crippen LogP contribution in [0.25, 0.3) is 22.2 Å². The highest BCUT2D eigenvalue weighted by molar-refractivity contribution is 7.13. The van der Waals surface area contributed by atoms with Crippen LogP contribution < -0.4 is 10.2 Å². The molecule has 0 spiro atoms. The van der Waals surface area contributed by atoms with Crippen molar-refractivity contribution >= 4 is 44.7 Å². The van der Waals surface area contributed by atoms with Crippen LogP contribution in [0.3, 0.4) is 0 Å². The van der Waals surface area contributed by atoms with Gasteiger partial charge in [0, 0.05) is 84.3 Å². The van der Waals surface area contributed by atoms with E-state index < -0.39 is 0 Å². The Kier molecular flexibility index (Phi) is 7.38. The highest BCUT2D eigenvalue weighted by atomic mass is 32.1. The van der Waals surface area contributed by atoms with Crippen molar-refractivity contribution in [2.45, 2.75) is 32.6 Å². The van der Waals surface area contributed by atoms with Gasteiger partial charge in [0.15, 0.2) is 5.13 Å². The van der Waals surface area contributed by atoms with Crippen molar-refractivity contribution < 1.29 is 4.79 Å². The second-order valence-corrected chi connectivity index (χ2v) is 11.6. The molecule has 4 aromatic rings. The zero-order valence-electron chi connectivity index (χ0n) is 22.2. The minimum Gasteiger partial charge on any atom is -0.348 e. The molecule has 0 radical (unpaired) electrons. The normalized spacial score (nSPS) is 18.6. The number of nitrogens with zero attached hydrogens (tertiary/aromatic N) is 5. The minimum absolute atomic E-state index is 0.0376. The van der Waals surface area contributed by atoms with Gasteiger partial charge in [-0.1, -0.05) is 0 Å². The highest BCUT2D eigenvalue weighted by Crippen LogP contribution is 2.30. The van der Waals surface area contributed by atoms with E-state index in [1.165, 1.54) is 0 Å². The number of carbonyl (C=O) groups excluding carboxylic acids is 1. The molecule has 0 aliphatic carbocycles. The van der Waals surface area contributed by atoms with E-state index in [1.54, 1.807) is 17.5 Å². The molecule has 1 amide bonds. The lowest BCUT2D eigenvalue weighted by Gasteiger charge is -2.33. The standard InChI is InChI=1S/C29H34N8OS/c1-19-14-22(4-8-31-19)28-24-16-23(2-3-26(24)34-35-28)33-27(38)15-20-5-10-36(17-20)18-25(30)21-6-11-37(12-7-21)29-32-9-13-39-29/h2-4,8-9,13-14,16,20-21,30H,5-7,10-12,15,17-18H2,1H3,(H,33,38)(H,34,35). The van der Waals surface area contributed by atoms with Gasteiger partial charge in [-0.2, -0.15) is 5.10 Å². The number of carbonyl (C=O) groups is 1. The van der Waals surface area contributed by atoms with Gasteiger partial charge in [0.2, 0.25) is 5.91 Å². The predicted molar refractivity (Wildman–Crippen MR) is 157 cm³/mol. The number of thiazole rings is 1. The van der Waals surface area contributed by atoms with Crippen molar-refractivity contribution in [3.63, 3.8) is 0 Å². The molecule has 2 aliphatic heterocycles. The third kappa shape index (κ3) is 5.86. The summed E-state index contributed by atoms with van der Waals surface area (Å²) < 4.78 is 0.